The van der Waals surface area contributed by atoms with Crippen molar-refractivity contribution in [1.82, 2.24) is 4.98 Å². The van der Waals surface area contributed by atoms with Crippen molar-refractivity contribution >= 4 is 45.7 Å². The van der Waals surface area contributed by atoms with E-state index in [9.17, 15) is 9.59 Å². The summed E-state index contributed by atoms with van der Waals surface area (Å²) in [5.41, 5.74) is 3.31. The molecule has 0 aliphatic carbocycles. The summed E-state index contributed by atoms with van der Waals surface area (Å²) in [4.78, 5) is 30.4. The molecule has 6 heteroatoms. The van der Waals surface area contributed by atoms with Crippen molar-refractivity contribution in [2.75, 3.05) is 10.2 Å². The summed E-state index contributed by atoms with van der Waals surface area (Å²) in [6, 6.07) is 17.2. The Morgan fingerprint density at radius 3 is 2.55 bits per heavy atom. The van der Waals surface area contributed by atoms with E-state index in [1.807, 2.05) is 60.0 Å². The van der Waals surface area contributed by atoms with Crippen LogP contribution in [-0.4, -0.2) is 16.8 Å². The van der Waals surface area contributed by atoms with Crippen LogP contribution in [0.2, 0.25) is 0 Å². The quantitative estimate of drug-likeness (QED) is 0.543. The first-order chi connectivity index (χ1) is 13.9. The van der Waals surface area contributed by atoms with Gasteiger partial charge >= 0.3 is 0 Å². The van der Waals surface area contributed by atoms with E-state index >= 15 is 0 Å². The van der Waals surface area contributed by atoms with Gasteiger partial charge in [-0.3, -0.25) is 14.5 Å². The maximum Gasteiger partial charge on any atom is 0.248 e. The molecule has 0 spiro atoms. The van der Waals surface area contributed by atoms with E-state index in [-0.39, 0.29) is 11.8 Å². The maximum atomic E-state index is 12.3. The van der Waals surface area contributed by atoms with Crippen LogP contribution in [0.3, 0.4) is 0 Å². The molecule has 2 aromatic carbocycles. The van der Waals surface area contributed by atoms with Crippen molar-refractivity contribution in [2.45, 2.75) is 26.7 Å². The second-order valence-electron chi connectivity index (χ2n) is 6.85. The van der Waals surface area contributed by atoms with Gasteiger partial charge in [0.1, 0.15) is 0 Å². The molecule has 1 aromatic heterocycles. The summed E-state index contributed by atoms with van der Waals surface area (Å²) in [5, 5.41) is 5.25. The first-order valence-corrected chi connectivity index (χ1v) is 10.2. The van der Waals surface area contributed by atoms with Crippen LogP contribution >= 0.6 is 11.3 Å². The Morgan fingerprint density at radius 1 is 1.10 bits per heavy atom. The molecule has 0 fully saturated rings. The molecule has 0 bridgehead atoms. The van der Waals surface area contributed by atoms with E-state index in [1.54, 1.807) is 11.0 Å². The largest absolute Gasteiger partial charge is 0.323 e. The monoisotopic (exact) mass is 405 g/mol. The number of para-hydroxylation sites is 1. The Bertz CT molecular complexity index is 1030. The van der Waals surface area contributed by atoms with Gasteiger partial charge in [-0.1, -0.05) is 44.2 Å². The fourth-order valence-corrected chi connectivity index (χ4v) is 3.63. The summed E-state index contributed by atoms with van der Waals surface area (Å²) < 4.78 is 0. The molecule has 0 aliphatic rings. The van der Waals surface area contributed by atoms with Crippen molar-refractivity contribution in [3.63, 3.8) is 0 Å². The zero-order valence-corrected chi connectivity index (χ0v) is 17.4. The number of aromatic nitrogens is 1. The molecule has 29 heavy (non-hydrogen) atoms. The molecular formula is C23H23N3O2S. The number of carbonyl (C=O) groups excluding carboxylic acids is 2. The third-order valence-corrected chi connectivity index (χ3v) is 5.10. The van der Waals surface area contributed by atoms with Crippen LogP contribution in [0.1, 0.15) is 37.9 Å². The SMILES string of the molecule is CC(=O)N(c1ccccc1)c1nc(C=CC(=O)Nc2cccc(C(C)C)c2)cs1. The molecule has 5 nitrogen and oxygen atoms in total. The van der Waals surface area contributed by atoms with Crippen LogP contribution in [0, 0.1) is 0 Å². The standard InChI is InChI=1S/C23H23N3O2S/c1-16(2)18-8-7-9-19(14-18)24-22(28)13-12-20-15-29-23(25-20)26(17(3)27)21-10-5-4-6-11-21/h4-16H,1-3H3,(H,24,28). The Morgan fingerprint density at radius 2 is 1.86 bits per heavy atom. The van der Waals surface area contributed by atoms with Crippen molar-refractivity contribution in [2.24, 2.45) is 0 Å². The number of nitrogens with zero attached hydrogens (tertiary/aromatic N) is 2. The van der Waals surface area contributed by atoms with Crippen LogP contribution in [0.5, 0.6) is 0 Å². The summed E-state index contributed by atoms with van der Waals surface area (Å²) in [6.45, 7) is 5.73. The molecule has 0 radical (unpaired) electrons. The molecule has 148 valence electrons. The number of rotatable bonds is 6. The van der Waals surface area contributed by atoms with Crippen LogP contribution in [0.25, 0.3) is 6.08 Å². The Balaban J connectivity index is 1.70. The van der Waals surface area contributed by atoms with Gasteiger partial charge in [-0.2, -0.15) is 0 Å². The summed E-state index contributed by atoms with van der Waals surface area (Å²) in [5.74, 6) is 0.0421. The lowest BCUT2D eigenvalue weighted by molar-refractivity contribution is -0.116. The summed E-state index contributed by atoms with van der Waals surface area (Å²) >= 11 is 1.35. The maximum absolute atomic E-state index is 12.3. The van der Waals surface area contributed by atoms with Crippen LogP contribution in [0.4, 0.5) is 16.5 Å². The summed E-state index contributed by atoms with van der Waals surface area (Å²) in [7, 11) is 0. The van der Waals surface area contributed by atoms with Gasteiger partial charge in [0.05, 0.1) is 11.4 Å². The molecule has 1 N–H and O–H groups in total. The van der Waals surface area contributed by atoms with E-state index in [2.05, 4.69) is 24.1 Å². The highest BCUT2D eigenvalue weighted by molar-refractivity contribution is 7.14. The normalized spacial score (nSPS) is 11.0. The number of hydrogen-bond donors (Lipinski definition) is 1. The Hall–Kier alpha value is -3.25. The molecule has 2 amide bonds. The number of thiazole rings is 1. The van der Waals surface area contributed by atoms with Crippen LogP contribution in [-0.2, 0) is 9.59 Å². The minimum Gasteiger partial charge on any atom is -0.323 e. The number of anilines is 3. The fraction of sp³-hybridized carbons (Fsp3) is 0.174. The molecule has 3 rings (SSSR count). The number of carbonyl (C=O) groups is 2. The van der Waals surface area contributed by atoms with Gasteiger partial charge in [0.15, 0.2) is 5.13 Å². The fourth-order valence-electron chi connectivity index (χ4n) is 2.78. The third-order valence-electron chi connectivity index (χ3n) is 4.26. The second kappa shape index (κ2) is 9.30. The highest BCUT2D eigenvalue weighted by Crippen LogP contribution is 2.29. The lowest BCUT2D eigenvalue weighted by atomic mass is 10.0. The first kappa shape index (κ1) is 20.5. The van der Waals surface area contributed by atoms with E-state index in [0.717, 1.165) is 11.4 Å². The molecule has 0 aliphatic heterocycles. The van der Waals surface area contributed by atoms with Crippen LogP contribution < -0.4 is 10.2 Å². The van der Waals surface area contributed by atoms with Gasteiger partial charge in [0, 0.05) is 24.1 Å². The minimum absolute atomic E-state index is 0.121. The summed E-state index contributed by atoms with van der Waals surface area (Å²) in [6.07, 6.45) is 3.09. The molecule has 3 aromatic rings. The average molecular weight is 406 g/mol. The Kier molecular flexibility index (Phi) is 6.57. The van der Waals surface area contributed by atoms with Crippen molar-refractivity contribution in [3.8, 4) is 0 Å². The van der Waals surface area contributed by atoms with Gasteiger partial charge in [0.2, 0.25) is 11.8 Å². The van der Waals surface area contributed by atoms with Crippen molar-refractivity contribution < 1.29 is 9.59 Å². The average Bonchev–Trinajstić information content (AvgIpc) is 3.15. The van der Waals surface area contributed by atoms with Gasteiger partial charge in [-0.15, -0.1) is 11.3 Å². The van der Waals surface area contributed by atoms with E-state index in [4.69, 9.17) is 0 Å². The minimum atomic E-state index is -0.230. The predicted molar refractivity (Wildman–Crippen MR) is 120 cm³/mol. The molecule has 0 saturated carbocycles. The zero-order valence-electron chi connectivity index (χ0n) is 16.6. The zero-order chi connectivity index (χ0) is 20.8. The topological polar surface area (TPSA) is 62.3 Å². The molecular weight excluding hydrogens is 382 g/mol. The van der Waals surface area contributed by atoms with Gasteiger partial charge in [-0.25, -0.2) is 4.98 Å². The second-order valence-corrected chi connectivity index (χ2v) is 7.68. The van der Waals surface area contributed by atoms with E-state index in [0.29, 0.717) is 16.7 Å². The number of nitrogens with one attached hydrogen (secondary N) is 1. The van der Waals surface area contributed by atoms with E-state index in [1.165, 1.54) is 29.9 Å². The molecule has 1 heterocycles. The number of hydrogen-bond acceptors (Lipinski definition) is 4. The van der Waals surface area contributed by atoms with Crippen molar-refractivity contribution in [1.29, 1.82) is 0 Å². The molecule has 0 unspecified atom stereocenters. The first-order valence-electron chi connectivity index (χ1n) is 9.34. The van der Waals surface area contributed by atoms with E-state index < -0.39 is 0 Å². The number of amides is 2. The van der Waals surface area contributed by atoms with Crippen LogP contribution in [0.15, 0.2) is 66.1 Å². The van der Waals surface area contributed by atoms with Crippen molar-refractivity contribution in [3.05, 3.63) is 77.3 Å². The lowest BCUT2D eigenvalue weighted by Gasteiger charge is -2.17. The highest BCUT2D eigenvalue weighted by atomic mass is 32.1. The third kappa shape index (κ3) is 5.39. The number of benzene rings is 2. The van der Waals surface area contributed by atoms with Gasteiger partial charge in [-0.05, 0) is 41.8 Å². The Labute approximate surface area is 174 Å². The highest BCUT2D eigenvalue weighted by Gasteiger charge is 2.17. The molecule has 0 atom stereocenters. The smallest absolute Gasteiger partial charge is 0.248 e. The van der Waals surface area contributed by atoms with Gasteiger partial charge in [0.25, 0.3) is 0 Å². The molecule has 0 saturated heterocycles. The predicted octanol–water partition coefficient (Wildman–Crippen LogP) is 5.60. The lowest BCUT2D eigenvalue weighted by Crippen LogP contribution is -2.22. The van der Waals surface area contributed by atoms with Gasteiger partial charge < -0.3 is 5.32 Å².